The number of piperidine rings is 1. The normalized spacial score (nSPS) is 19.5. The molecule has 0 aromatic heterocycles. The molecule has 31 heavy (non-hydrogen) atoms. The molecule has 0 aliphatic carbocycles. The highest BCUT2D eigenvalue weighted by Crippen LogP contribution is 2.43. The van der Waals surface area contributed by atoms with E-state index in [0.29, 0.717) is 43.9 Å². The Balaban J connectivity index is 0.00000107. The first kappa shape index (κ1) is 24.5. The van der Waals surface area contributed by atoms with Gasteiger partial charge in [-0.15, -0.1) is 0 Å². The van der Waals surface area contributed by atoms with Crippen molar-refractivity contribution >= 4 is 18.3 Å². The molecule has 2 fully saturated rings. The number of carbonyl (C=O) groups is 3. The SMILES string of the molecule is COc1ccc(CC(=O)N2CCC3(CC2)CC(CN(C)C)OC3=O)cc1OC.O=CO. The summed E-state index contributed by atoms with van der Waals surface area (Å²) in [7, 11) is 7.13. The van der Waals surface area contributed by atoms with Gasteiger partial charge in [-0.1, -0.05) is 6.07 Å². The van der Waals surface area contributed by atoms with Crippen LogP contribution < -0.4 is 9.47 Å². The zero-order valence-electron chi connectivity index (χ0n) is 18.6. The molecule has 0 bridgehead atoms. The van der Waals surface area contributed by atoms with Crippen LogP contribution in [0.3, 0.4) is 0 Å². The second kappa shape index (κ2) is 11.0. The number of carbonyl (C=O) groups excluding carboxylic acids is 2. The van der Waals surface area contributed by atoms with Crippen molar-refractivity contribution in [3.63, 3.8) is 0 Å². The highest BCUT2D eigenvalue weighted by molar-refractivity contribution is 5.81. The number of hydrogen-bond donors (Lipinski definition) is 1. The lowest BCUT2D eigenvalue weighted by Crippen LogP contribution is -2.45. The number of likely N-dealkylation sites (N-methyl/N-ethyl adjacent to an activating group) is 1. The van der Waals surface area contributed by atoms with Gasteiger partial charge in [0.15, 0.2) is 11.5 Å². The van der Waals surface area contributed by atoms with Gasteiger partial charge in [-0.05, 0) is 44.6 Å². The third kappa shape index (κ3) is 6.10. The van der Waals surface area contributed by atoms with E-state index in [0.717, 1.165) is 18.5 Å². The minimum atomic E-state index is -0.416. The lowest BCUT2D eigenvalue weighted by atomic mass is 9.76. The van der Waals surface area contributed by atoms with Crippen molar-refractivity contribution in [2.24, 2.45) is 5.41 Å². The topological polar surface area (TPSA) is 106 Å². The average molecular weight is 437 g/mol. The molecule has 9 nitrogen and oxygen atoms in total. The van der Waals surface area contributed by atoms with Gasteiger partial charge in [0, 0.05) is 26.1 Å². The summed E-state index contributed by atoms with van der Waals surface area (Å²) in [5, 5.41) is 6.89. The van der Waals surface area contributed by atoms with E-state index in [1.165, 1.54) is 0 Å². The number of amides is 1. The van der Waals surface area contributed by atoms with Gasteiger partial charge in [-0.3, -0.25) is 14.4 Å². The first-order valence-corrected chi connectivity index (χ1v) is 10.2. The molecule has 2 aliphatic heterocycles. The summed E-state index contributed by atoms with van der Waals surface area (Å²) in [6.45, 7) is 1.68. The number of esters is 1. The summed E-state index contributed by atoms with van der Waals surface area (Å²) in [6.07, 6.45) is 2.36. The number of methoxy groups -OCH3 is 2. The van der Waals surface area contributed by atoms with Crippen LogP contribution in [0.2, 0.25) is 0 Å². The van der Waals surface area contributed by atoms with Gasteiger partial charge in [0.05, 0.1) is 26.1 Å². The van der Waals surface area contributed by atoms with E-state index in [2.05, 4.69) is 0 Å². The molecule has 1 spiro atoms. The number of likely N-dealkylation sites (tertiary alicyclic amines) is 1. The lowest BCUT2D eigenvalue weighted by Gasteiger charge is -2.36. The number of carboxylic acid groups (broad SMARTS) is 1. The maximum atomic E-state index is 12.7. The number of ether oxygens (including phenoxy) is 3. The van der Waals surface area contributed by atoms with E-state index in [4.69, 9.17) is 24.1 Å². The summed E-state index contributed by atoms with van der Waals surface area (Å²) in [6, 6.07) is 5.53. The second-order valence-corrected chi connectivity index (χ2v) is 8.13. The molecule has 172 valence electrons. The Kier molecular flexibility index (Phi) is 8.67. The largest absolute Gasteiger partial charge is 0.493 e. The van der Waals surface area contributed by atoms with Gasteiger partial charge in [-0.25, -0.2) is 0 Å². The van der Waals surface area contributed by atoms with Gasteiger partial charge >= 0.3 is 5.97 Å². The van der Waals surface area contributed by atoms with E-state index >= 15 is 0 Å². The predicted octanol–water partition coefficient (Wildman–Crippen LogP) is 1.43. The van der Waals surface area contributed by atoms with Gasteiger partial charge in [-0.2, -0.15) is 0 Å². The Bertz CT molecular complexity index is 773. The standard InChI is InChI=1S/C21H30N2O5.CH2O2/c1-22(2)14-16-13-21(20(25)28-16)7-9-23(10-8-21)19(24)12-15-5-6-17(26-3)18(11-15)27-4;2-1-3/h5-6,11,16H,7-10,12-14H2,1-4H3;1H,(H,2,3). The number of cyclic esters (lactones) is 1. The smallest absolute Gasteiger partial charge is 0.312 e. The van der Waals surface area contributed by atoms with E-state index in [1.807, 2.05) is 42.1 Å². The minimum absolute atomic E-state index is 0.0449. The molecule has 2 heterocycles. The minimum Gasteiger partial charge on any atom is -0.493 e. The maximum absolute atomic E-state index is 12.7. The van der Waals surface area contributed by atoms with E-state index in [1.54, 1.807) is 14.2 Å². The van der Waals surface area contributed by atoms with Crippen LogP contribution in [0.1, 0.15) is 24.8 Å². The van der Waals surface area contributed by atoms with Crippen LogP contribution in [0.25, 0.3) is 0 Å². The summed E-state index contributed by atoms with van der Waals surface area (Å²) < 4.78 is 16.1. The number of hydrogen-bond acceptors (Lipinski definition) is 7. The van der Waals surface area contributed by atoms with E-state index in [9.17, 15) is 9.59 Å². The predicted molar refractivity (Wildman–Crippen MR) is 113 cm³/mol. The third-order valence-electron chi connectivity index (χ3n) is 5.77. The quantitative estimate of drug-likeness (QED) is 0.527. The molecular formula is C22H32N2O7. The molecule has 1 amide bonds. The fourth-order valence-electron chi connectivity index (χ4n) is 4.22. The molecule has 0 radical (unpaired) electrons. The van der Waals surface area contributed by atoms with Crippen LogP contribution >= 0.6 is 0 Å². The van der Waals surface area contributed by atoms with Gasteiger partial charge in [0.2, 0.25) is 5.91 Å². The fourth-order valence-corrected chi connectivity index (χ4v) is 4.22. The Labute approximate surface area is 182 Å². The third-order valence-corrected chi connectivity index (χ3v) is 5.77. The van der Waals surface area contributed by atoms with Gasteiger partial charge in [0.1, 0.15) is 6.10 Å². The monoisotopic (exact) mass is 436 g/mol. The maximum Gasteiger partial charge on any atom is 0.312 e. The Hall–Kier alpha value is -2.81. The van der Waals surface area contributed by atoms with Crippen LogP contribution in [0.5, 0.6) is 11.5 Å². The van der Waals surface area contributed by atoms with Crippen LogP contribution in [-0.4, -0.2) is 87.3 Å². The number of benzene rings is 1. The molecule has 9 heteroatoms. The zero-order chi connectivity index (χ0) is 23.0. The highest BCUT2D eigenvalue weighted by Gasteiger charge is 2.50. The van der Waals surface area contributed by atoms with Crippen molar-refractivity contribution in [3.05, 3.63) is 23.8 Å². The molecular weight excluding hydrogens is 404 g/mol. The van der Waals surface area contributed by atoms with E-state index < -0.39 is 5.41 Å². The molecule has 1 unspecified atom stereocenters. The average Bonchev–Trinajstić information content (AvgIpc) is 3.02. The highest BCUT2D eigenvalue weighted by atomic mass is 16.6. The Morgan fingerprint density at radius 2 is 1.87 bits per heavy atom. The van der Waals surface area contributed by atoms with Gasteiger partial charge < -0.3 is 29.1 Å². The van der Waals surface area contributed by atoms with Crippen molar-refractivity contribution in [2.45, 2.75) is 31.8 Å². The Morgan fingerprint density at radius 1 is 1.26 bits per heavy atom. The van der Waals surface area contributed by atoms with Crippen molar-refractivity contribution < 1.29 is 33.7 Å². The summed E-state index contributed by atoms with van der Waals surface area (Å²) in [5.74, 6) is 1.24. The lowest BCUT2D eigenvalue weighted by molar-refractivity contribution is -0.152. The first-order chi connectivity index (χ1) is 14.8. The molecule has 1 aromatic carbocycles. The zero-order valence-corrected chi connectivity index (χ0v) is 18.6. The molecule has 1 N–H and O–H groups in total. The second-order valence-electron chi connectivity index (χ2n) is 8.13. The fraction of sp³-hybridized carbons (Fsp3) is 0.591. The van der Waals surface area contributed by atoms with Crippen LogP contribution in [0.4, 0.5) is 0 Å². The van der Waals surface area contributed by atoms with Crippen molar-refractivity contribution in [3.8, 4) is 11.5 Å². The van der Waals surface area contributed by atoms with Crippen LogP contribution in [0, 0.1) is 5.41 Å². The van der Waals surface area contributed by atoms with E-state index in [-0.39, 0.29) is 24.5 Å². The molecule has 1 atom stereocenters. The van der Waals surface area contributed by atoms with Crippen molar-refractivity contribution in [1.82, 2.24) is 9.80 Å². The molecule has 3 rings (SSSR count). The number of nitrogens with zero attached hydrogens (tertiary/aromatic N) is 2. The van der Waals surface area contributed by atoms with Crippen molar-refractivity contribution in [2.75, 3.05) is 47.9 Å². The summed E-state index contributed by atoms with van der Waals surface area (Å²) in [5.41, 5.74) is 0.468. The molecule has 2 aliphatic rings. The number of rotatable bonds is 6. The van der Waals surface area contributed by atoms with Crippen molar-refractivity contribution in [1.29, 1.82) is 0 Å². The Morgan fingerprint density at radius 3 is 2.42 bits per heavy atom. The molecule has 2 saturated heterocycles. The molecule has 1 aromatic rings. The summed E-state index contributed by atoms with van der Waals surface area (Å²) >= 11 is 0. The molecule has 0 saturated carbocycles. The van der Waals surface area contributed by atoms with Crippen LogP contribution in [0.15, 0.2) is 18.2 Å². The van der Waals surface area contributed by atoms with Gasteiger partial charge in [0.25, 0.3) is 6.47 Å². The van der Waals surface area contributed by atoms with Crippen LogP contribution in [-0.2, 0) is 25.5 Å². The summed E-state index contributed by atoms with van der Waals surface area (Å²) in [4.78, 5) is 37.5. The first-order valence-electron chi connectivity index (χ1n) is 10.2.